The first-order chi connectivity index (χ1) is 7.54. The second kappa shape index (κ2) is 5.70. The molecule has 0 N–H and O–H groups in total. The van der Waals surface area contributed by atoms with E-state index in [1.54, 1.807) is 25.1 Å². The molecule has 0 spiro atoms. The van der Waals surface area contributed by atoms with Gasteiger partial charge in [0.2, 0.25) is 5.91 Å². The molecule has 5 heteroatoms. The molecule has 1 aromatic rings. The number of carbonyl (C=O) groups excluding carboxylic acids is 1. The summed E-state index contributed by atoms with van der Waals surface area (Å²) in [6, 6.07) is 5.39. The van der Waals surface area contributed by atoms with E-state index in [2.05, 4.69) is 4.98 Å². The van der Waals surface area contributed by atoms with Crippen LogP contribution in [0.1, 0.15) is 6.92 Å². The Morgan fingerprint density at radius 2 is 2.12 bits per heavy atom. The van der Waals surface area contributed by atoms with Gasteiger partial charge in [-0.1, -0.05) is 17.7 Å². The van der Waals surface area contributed by atoms with Crippen molar-refractivity contribution in [3.63, 3.8) is 0 Å². The van der Waals surface area contributed by atoms with Gasteiger partial charge >= 0.3 is 0 Å². The van der Waals surface area contributed by atoms with Gasteiger partial charge in [0, 0.05) is 20.6 Å². The van der Waals surface area contributed by atoms with Gasteiger partial charge in [-0.25, -0.2) is 4.98 Å². The van der Waals surface area contributed by atoms with Crippen molar-refractivity contribution in [2.75, 3.05) is 32.1 Å². The summed E-state index contributed by atoms with van der Waals surface area (Å²) in [4.78, 5) is 19.2. The Kier molecular flexibility index (Phi) is 4.55. The number of likely N-dealkylation sites (N-methyl/N-ethyl adjacent to an activating group) is 2. The molecule has 1 amide bonds. The van der Waals surface area contributed by atoms with E-state index in [1.165, 1.54) is 0 Å². The number of carbonyl (C=O) groups is 1. The van der Waals surface area contributed by atoms with Crippen LogP contribution in [0.2, 0.25) is 5.15 Å². The summed E-state index contributed by atoms with van der Waals surface area (Å²) >= 11 is 5.81. The zero-order valence-corrected chi connectivity index (χ0v) is 10.5. The average molecular weight is 242 g/mol. The zero-order valence-electron chi connectivity index (χ0n) is 9.77. The van der Waals surface area contributed by atoms with Gasteiger partial charge in [-0.3, -0.25) is 4.79 Å². The second-order valence-electron chi connectivity index (χ2n) is 3.62. The summed E-state index contributed by atoms with van der Waals surface area (Å²) in [5, 5.41) is 0.438. The van der Waals surface area contributed by atoms with Crippen LogP contribution in [0.3, 0.4) is 0 Å². The van der Waals surface area contributed by atoms with Crippen molar-refractivity contribution in [1.29, 1.82) is 0 Å². The van der Waals surface area contributed by atoms with Crippen LogP contribution >= 0.6 is 11.6 Å². The maximum absolute atomic E-state index is 11.6. The summed E-state index contributed by atoms with van der Waals surface area (Å²) in [6.07, 6.45) is 0. The van der Waals surface area contributed by atoms with E-state index in [1.807, 2.05) is 24.0 Å². The Labute approximate surface area is 101 Å². The van der Waals surface area contributed by atoms with Crippen LogP contribution in [0.5, 0.6) is 0 Å². The third kappa shape index (κ3) is 3.38. The van der Waals surface area contributed by atoms with Crippen LogP contribution in [-0.4, -0.2) is 43.0 Å². The maximum atomic E-state index is 11.6. The quantitative estimate of drug-likeness (QED) is 0.753. The Bertz CT molecular complexity index is 368. The van der Waals surface area contributed by atoms with Crippen molar-refractivity contribution >= 4 is 23.3 Å². The first-order valence-corrected chi connectivity index (χ1v) is 5.50. The van der Waals surface area contributed by atoms with Gasteiger partial charge in [0.25, 0.3) is 0 Å². The Morgan fingerprint density at radius 1 is 1.44 bits per heavy atom. The molecule has 0 aliphatic heterocycles. The van der Waals surface area contributed by atoms with Crippen LogP contribution < -0.4 is 4.90 Å². The molecule has 0 saturated carbocycles. The molecular weight excluding hydrogens is 226 g/mol. The van der Waals surface area contributed by atoms with E-state index in [0.717, 1.165) is 5.82 Å². The third-order valence-electron chi connectivity index (χ3n) is 2.23. The minimum absolute atomic E-state index is 0.0450. The first-order valence-electron chi connectivity index (χ1n) is 5.12. The molecule has 1 aromatic heterocycles. The monoisotopic (exact) mass is 241 g/mol. The number of pyridine rings is 1. The van der Waals surface area contributed by atoms with Gasteiger partial charge in [0.15, 0.2) is 0 Å². The lowest BCUT2D eigenvalue weighted by atomic mass is 10.4. The summed E-state index contributed by atoms with van der Waals surface area (Å²) in [5.41, 5.74) is 0. The molecule has 0 atom stereocenters. The fourth-order valence-corrected chi connectivity index (χ4v) is 1.39. The normalized spacial score (nSPS) is 10.0. The predicted octanol–water partition coefficient (Wildman–Crippen LogP) is 1.65. The van der Waals surface area contributed by atoms with Crippen LogP contribution in [0.4, 0.5) is 5.82 Å². The summed E-state index contributed by atoms with van der Waals surface area (Å²) < 4.78 is 0. The number of anilines is 1. The number of aromatic nitrogens is 1. The molecule has 0 saturated heterocycles. The standard InChI is InChI=1S/C11H16ClN3O/c1-4-15(8-11(16)14(2)3)10-7-5-6-9(12)13-10/h5-7H,4,8H2,1-3H3. The maximum Gasteiger partial charge on any atom is 0.241 e. The molecular formula is C11H16ClN3O. The minimum atomic E-state index is 0.0450. The van der Waals surface area contributed by atoms with Crippen LogP contribution in [0.25, 0.3) is 0 Å². The molecule has 0 radical (unpaired) electrons. The fourth-order valence-electron chi connectivity index (χ4n) is 1.23. The highest BCUT2D eigenvalue weighted by molar-refractivity contribution is 6.29. The predicted molar refractivity (Wildman–Crippen MR) is 65.8 cm³/mol. The van der Waals surface area contributed by atoms with Gasteiger partial charge in [0.05, 0.1) is 6.54 Å². The number of hydrogen-bond acceptors (Lipinski definition) is 3. The smallest absolute Gasteiger partial charge is 0.241 e. The summed E-state index contributed by atoms with van der Waals surface area (Å²) in [7, 11) is 3.48. The van der Waals surface area contributed by atoms with Crippen molar-refractivity contribution in [3.8, 4) is 0 Å². The Hall–Kier alpha value is -1.29. The molecule has 0 aromatic carbocycles. The van der Waals surface area contributed by atoms with Crippen molar-refractivity contribution in [3.05, 3.63) is 23.4 Å². The fraction of sp³-hybridized carbons (Fsp3) is 0.455. The van der Waals surface area contributed by atoms with Crippen molar-refractivity contribution in [2.45, 2.75) is 6.92 Å². The number of amides is 1. The van der Waals surface area contributed by atoms with Gasteiger partial charge in [0.1, 0.15) is 11.0 Å². The van der Waals surface area contributed by atoms with Gasteiger partial charge < -0.3 is 9.80 Å². The summed E-state index contributed by atoms with van der Waals surface area (Å²) in [5.74, 6) is 0.772. The van der Waals surface area contributed by atoms with Crippen molar-refractivity contribution in [2.24, 2.45) is 0 Å². The van der Waals surface area contributed by atoms with E-state index in [0.29, 0.717) is 18.2 Å². The molecule has 0 fully saturated rings. The summed E-state index contributed by atoms with van der Waals surface area (Å²) in [6.45, 7) is 3.01. The Morgan fingerprint density at radius 3 is 2.62 bits per heavy atom. The highest BCUT2D eigenvalue weighted by Gasteiger charge is 2.12. The Balaban J connectivity index is 2.78. The molecule has 1 heterocycles. The number of nitrogens with zero attached hydrogens (tertiary/aromatic N) is 3. The van der Waals surface area contributed by atoms with E-state index < -0.39 is 0 Å². The molecule has 0 bridgehead atoms. The lowest BCUT2D eigenvalue weighted by molar-refractivity contribution is -0.127. The van der Waals surface area contributed by atoms with Crippen LogP contribution in [0, 0.1) is 0 Å². The molecule has 88 valence electrons. The molecule has 16 heavy (non-hydrogen) atoms. The highest BCUT2D eigenvalue weighted by atomic mass is 35.5. The second-order valence-corrected chi connectivity index (χ2v) is 4.01. The van der Waals surface area contributed by atoms with Gasteiger partial charge in [-0.05, 0) is 19.1 Å². The van der Waals surface area contributed by atoms with Gasteiger partial charge in [-0.15, -0.1) is 0 Å². The number of halogens is 1. The van der Waals surface area contributed by atoms with E-state index in [9.17, 15) is 4.79 Å². The zero-order chi connectivity index (χ0) is 12.1. The van der Waals surface area contributed by atoms with E-state index in [-0.39, 0.29) is 5.91 Å². The number of rotatable bonds is 4. The highest BCUT2D eigenvalue weighted by Crippen LogP contribution is 2.14. The van der Waals surface area contributed by atoms with Gasteiger partial charge in [-0.2, -0.15) is 0 Å². The average Bonchev–Trinajstić information content (AvgIpc) is 2.25. The lowest BCUT2D eigenvalue weighted by Gasteiger charge is -2.23. The molecule has 0 aliphatic carbocycles. The minimum Gasteiger partial charge on any atom is -0.348 e. The number of hydrogen-bond donors (Lipinski definition) is 0. The van der Waals surface area contributed by atoms with Crippen molar-refractivity contribution in [1.82, 2.24) is 9.88 Å². The van der Waals surface area contributed by atoms with E-state index in [4.69, 9.17) is 11.6 Å². The van der Waals surface area contributed by atoms with E-state index >= 15 is 0 Å². The molecule has 0 aliphatic rings. The van der Waals surface area contributed by atoms with Crippen LogP contribution in [0.15, 0.2) is 18.2 Å². The largest absolute Gasteiger partial charge is 0.348 e. The molecule has 1 rings (SSSR count). The lowest BCUT2D eigenvalue weighted by Crippen LogP contribution is -2.36. The van der Waals surface area contributed by atoms with Crippen molar-refractivity contribution < 1.29 is 4.79 Å². The topological polar surface area (TPSA) is 36.4 Å². The SMILES string of the molecule is CCN(CC(=O)N(C)C)c1cccc(Cl)n1. The van der Waals surface area contributed by atoms with Crippen LogP contribution in [-0.2, 0) is 4.79 Å². The first kappa shape index (κ1) is 12.8. The third-order valence-corrected chi connectivity index (χ3v) is 2.44. The molecule has 4 nitrogen and oxygen atoms in total. The molecule has 0 unspecified atom stereocenters.